The first-order valence-corrected chi connectivity index (χ1v) is 8.67. The van der Waals surface area contributed by atoms with Gasteiger partial charge in [0.2, 0.25) is 11.6 Å². The van der Waals surface area contributed by atoms with Crippen LogP contribution in [0.1, 0.15) is 10.4 Å². The van der Waals surface area contributed by atoms with Gasteiger partial charge in [0, 0.05) is 11.3 Å². The Hall–Kier alpha value is -3.88. The van der Waals surface area contributed by atoms with Gasteiger partial charge in [-0.25, -0.2) is 13.8 Å². The Bertz CT molecular complexity index is 1220. The molecule has 4 aromatic rings. The van der Waals surface area contributed by atoms with Gasteiger partial charge < -0.3 is 15.0 Å². The van der Waals surface area contributed by atoms with Gasteiger partial charge in [0.25, 0.3) is 5.91 Å². The summed E-state index contributed by atoms with van der Waals surface area (Å²) in [5, 5.41) is 2.24. The fraction of sp³-hybridized carbons (Fsp3) is 0.0476. The molecule has 4 rings (SSSR count). The van der Waals surface area contributed by atoms with Crippen LogP contribution in [0.4, 0.5) is 23.2 Å². The minimum atomic E-state index is -1.85. The maximum atomic E-state index is 14.2. The molecule has 0 unspecified atom stereocenters. The number of amides is 1. The maximum Gasteiger partial charge on any atom is 0.261 e. The Balaban J connectivity index is 1.67. The molecule has 0 fully saturated rings. The van der Waals surface area contributed by atoms with Crippen molar-refractivity contribution in [1.29, 1.82) is 0 Å². The van der Waals surface area contributed by atoms with Gasteiger partial charge >= 0.3 is 0 Å². The van der Waals surface area contributed by atoms with Gasteiger partial charge in [-0.3, -0.25) is 4.79 Å². The number of carbonyl (C=O) groups is 1. The third kappa shape index (κ3) is 3.24. The number of methoxy groups -OCH3 is 1. The smallest absolute Gasteiger partial charge is 0.261 e. The van der Waals surface area contributed by atoms with Gasteiger partial charge in [-0.2, -0.15) is 8.78 Å². The molecular formula is C21H13F4N3O2. The second-order valence-electron chi connectivity index (χ2n) is 6.30. The number of halogens is 4. The van der Waals surface area contributed by atoms with E-state index in [1.165, 1.54) is 12.1 Å². The summed E-state index contributed by atoms with van der Waals surface area (Å²) in [5.74, 6) is -9.38. The van der Waals surface area contributed by atoms with Crippen molar-refractivity contribution in [3.05, 3.63) is 77.4 Å². The predicted octanol–water partition coefficient (Wildman–Crippen LogP) is 5.05. The van der Waals surface area contributed by atoms with Crippen LogP contribution in [-0.4, -0.2) is 23.0 Å². The third-order valence-electron chi connectivity index (χ3n) is 4.44. The number of fused-ring (bicyclic) bond motifs is 1. The lowest BCUT2D eigenvalue weighted by atomic mass is 10.1. The number of rotatable bonds is 4. The molecule has 30 heavy (non-hydrogen) atoms. The van der Waals surface area contributed by atoms with E-state index >= 15 is 0 Å². The van der Waals surface area contributed by atoms with Crippen LogP contribution in [0.15, 0.2) is 48.5 Å². The molecule has 2 N–H and O–H groups in total. The number of nitrogens with one attached hydrogen (secondary N) is 2. The van der Waals surface area contributed by atoms with Crippen LogP contribution in [0, 0.1) is 23.3 Å². The molecule has 0 saturated carbocycles. The topological polar surface area (TPSA) is 67.0 Å². The van der Waals surface area contributed by atoms with Crippen LogP contribution in [0.25, 0.3) is 22.4 Å². The summed E-state index contributed by atoms with van der Waals surface area (Å²) < 4.78 is 60.4. The lowest BCUT2D eigenvalue weighted by Gasteiger charge is -2.11. The molecule has 0 atom stereocenters. The Morgan fingerprint density at radius 3 is 2.33 bits per heavy atom. The number of hydrogen-bond donors (Lipinski definition) is 2. The van der Waals surface area contributed by atoms with E-state index in [2.05, 4.69) is 20.0 Å². The average molecular weight is 415 g/mol. The molecule has 0 bridgehead atoms. The zero-order valence-corrected chi connectivity index (χ0v) is 15.4. The minimum absolute atomic E-state index is 0.147. The second-order valence-corrected chi connectivity index (χ2v) is 6.30. The van der Waals surface area contributed by atoms with Gasteiger partial charge in [-0.05, 0) is 24.3 Å². The van der Waals surface area contributed by atoms with Crippen LogP contribution in [0.5, 0.6) is 5.75 Å². The summed E-state index contributed by atoms with van der Waals surface area (Å²) in [6.07, 6.45) is 0. The number of nitrogens with zero attached hydrogens (tertiary/aromatic N) is 1. The minimum Gasteiger partial charge on any atom is -0.491 e. The lowest BCUT2D eigenvalue weighted by molar-refractivity contribution is 0.101. The fourth-order valence-electron chi connectivity index (χ4n) is 3.02. The van der Waals surface area contributed by atoms with Crippen molar-refractivity contribution in [2.24, 2.45) is 0 Å². The van der Waals surface area contributed by atoms with Crippen molar-refractivity contribution in [3.8, 4) is 17.1 Å². The largest absolute Gasteiger partial charge is 0.491 e. The average Bonchev–Trinajstić information content (AvgIpc) is 3.17. The van der Waals surface area contributed by atoms with Gasteiger partial charge in [0.15, 0.2) is 17.4 Å². The maximum absolute atomic E-state index is 14.2. The Morgan fingerprint density at radius 2 is 1.67 bits per heavy atom. The molecule has 9 heteroatoms. The zero-order chi connectivity index (χ0) is 21.4. The normalized spacial score (nSPS) is 11.0. The number of carbonyl (C=O) groups excluding carboxylic acids is 1. The first-order chi connectivity index (χ1) is 14.4. The number of anilines is 1. The van der Waals surface area contributed by atoms with E-state index in [0.29, 0.717) is 11.4 Å². The second kappa shape index (κ2) is 7.51. The zero-order valence-electron chi connectivity index (χ0n) is 15.4. The molecule has 5 nitrogen and oxygen atoms in total. The van der Waals surface area contributed by atoms with Crippen molar-refractivity contribution >= 4 is 22.6 Å². The quantitative estimate of drug-likeness (QED) is 0.362. The highest BCUT2D eigenvalue weighted by molar-refractivity contribution is 6.05. The molecule has 0 aliphatic carbocycles. The van der Waals surface area contributed by atoms with Crippen LogP contribution in [0.2, 0.25) is 0 Å². The number of aromatic nitrogens is 2. The summed E-state index contributed by atoms with van der Waals surface area (Å²) in [6.45, 7) is 0. The summed E-state index contributed by atoms with van der Waals surface area (Å²) in [6, 6.07) is 13.6. The first kappa shape index (κ1) is 19.4. The van der Waals surface area contributed by atoms with Crippen LogP contribution in [-0.2, 0) is 0 Å². The Labute approximate surface area is 167 Å². The number of hydrogen-bond acceptors (Lipinski definition) is 3. The molecule has 3 aromatic carbocycles. The van der Waals surface area contributed by atoms with Crippen molar-refractivity contribution < 1.29 is 27.1 Å². The van der Waals surface area contributed by atoms with Gasteiger partial charge in [-0.1, -0.05) is 24.3 Å². The van der Waals surface area contributed by atoms with E-state index in [1.54, 1.807) is 12.1 Å². The monoisotopic (exact) mass is 415 g/mol. The molecule has 1 amide bonds. The summed E-state index contributed by atoms with van der Waals surface area (Å²) in [4.78, 5) is 19.9. The molecular weight excluding hydrogens is 402 g/mol. The third-order valence-corrected chi connectivity index (χ3v) is 4.44. The summed E-state index contributed by atoms with van der Waals surface area (Å²) in [5.41, 5.74) is 0.871. The molecule has 0 saturated heterocycles. The van der Waals surface area contributed by atoms with Gasteiger partial charge in [-0.15, -0.1) is 0 Å². The highest BCUT2D eigenvalue weighted by atomic mass is 19.2. The summed E-state index contributed by atoms with van der Waals surface area (Å²) in [7, 11) is 0.851. The molecule has 152 valence electrons. The number of para-hydroxylation sites is 2. The number of imidazole rings is 1. The molecule has 0 radical (unpaired) electrons. The molecule has 0 aliphatic heterocycles. The standard InChI is InChI=1S/C21H13F4N3O2/c1-30-19-17(24)15(22)14(16(23)18(19)25)21(29)26-11-6-4-5-10(9-11)20-27-12-7-2-3-8-13(12)28-20/h2-9H,1H3,(H,26,29)(H,27,28). The lowest BCUT2D eigenvalue weighted by Crippen LogP contribution is -2.18. The molecule has 0 spiro atoms. The highest BCUT2D eigenvalue weighted by Gasteiger charge is 2.30. The van der Waals surface area contributed by atoms with E-state index in [1.807, 2.05) is 24.3 Å². The number of benzene rings is 3. The number of H-pyrrole nitrogens is 1. The van der Waals surface area contributed by atoms with Gasteiger partial charge in [0.05, 0.1) is 18.1 Å². The van der Waals surface area contributed by atoms with E-state index in [-0.39, 0.29) is 5.69 Å². The summed E-state index contributed by atoms with van der Waals surface area (Å²) >= 11 is 0. The Morgan fingerprint density at radius 1 is 0.967 bits per heavy atom. The number of ether oxygens (including phenoxy) is 1. The van der Waals surface area contributed by atoms with Crippen LogP contribution < -0.4 is 10.1 Å². The predicted molar refractivity (Wildman–Crippen MR) is 102 cm³/mol. The molecule has 1 aromatic heterocycles. The van der Waals surface area contributed by atoms with Crippen LogP contribution >= 0.6 is 0 Å². The van der Waals surface area contributed by atoms with Crippen molar-refractivity contribution in [1.82, 2.24) is 9.97 Å². The van der Waals surface area contributed by atoms with E-state index < -0.39 is 40.5 Å². The van der Waals surface area contributed by atoms with Crippen molar-refractivity contribution in [3.63, 3.8) is 0 Å². The SMILES string of the molecule is COc1c(F)c(F)c(C(=O)Nc2cccc(-c3nc4ccccc4[nH]3)c2)c(F)c1F. The Kier molecular flexibility index (Phi) is 4.86. The number of aromatic amines is 1. The van der Waals surface area contributed by atoms with E-state index in [4.69, 9.17) is 0 Å². The highest BCUT2D eigenvalue weighted by Crippen LogP contribution is 2.30. The van der Waals surface area contributed by atoms with Crippen molar-refractivity contribution in [2.45, 2.75) is 0 Å². The van der Waals surface area contributed by atoms with E-state index in [0.717, 1.165) is 18.1 Å². The van der Waals surface area contributed by atoms with Crippen molar-refractivity contribution in [2.75, 3.05) is 12.4 Å². The molecule has 1 heterocycles. The fourth-order valence-corrected chi connectivity index (χ4v) is 3.02. The van der Waals surface area contributed by atoms with Crippen LogP contribution in [0.3, 0.4) is 0 Å². The molecule has 0 aliphatic rings. The van der Waals surface area contributed by atoms with E-state index in [9.17, 15) is 22.4 Å². The first-order valence-electron chi connectivity index (χ1n) is 8.67. The van der Waals surface area contributed by atoms with Gasteiger partial charge in [0.1, 0.15) is 11.4 Å².